The molecule has 0 bridgehead atoms. The van der Waals surface area contributed by atoms with Gasteiger partial charge in [-0.15, -0.1) is 0 Å². The molecular weight excluding hydrogens is 185 g/mol. The molecule has 1 aromatic rings. The van der Waals surface area contributed by atoms with E-state index in [0.29, 0.717) is 12.0 Å². The van der Waals surface area contributed by atoms with Gasteiger partial charge in [0, 0.05) is 5.56 Å². The van der Waals surface area contributed by atoms with Gasteiger partial charge in [0.2, 0.25) is 0 Å². The third kappa shape index (κ3) is 1.90. The van der Waals surface area contributed by atoms with E-state index >= 15 is 0 Å². The molecule has 3 N–H and O–H groups in total. The summed E-state index contributed by atoms with van der Waals surface area (Å²) in [4.78, 5) is 10.6. The number of carboxylic acids is 1. The van der Waals surface area contributed by atoms with Crippen LogP contribution in [0.2, 0.25) is 0 Å². The fraction of sp³-hybridized carbons (Fsp3) is 0.300. The third-order valence-electron chi connectivity index (χ3n) is 2.10. The van der Waals surface area contributed by atoms with E-state index in [1.165, 1.54) is 6.07 Å². The molecule has 0 heterocycles. The van der Waals surface area contributed by atoms with E-state index in [9.17, 15) is 9.18 Å². The van der Waals surface area contributed by atoms with E-state index in [2.05, 4.69) is 0 Å². The van der Waals surface area contributed by atoms with Gasteiger partial charge in [0.15, 0.2) is 0 Å². The van der Waals surface area contributed by atoms with Crippen LogP contribution in [0.15, 0.2) is 18.2 Å². The van der Waals surface area contributed by atoms with Crippen LogP contribution in [0.1, 0.15) is 24.1 Å². The summed E-state index contributed by atoms with van der Waals surface area (Å²) in [5.74, 6) is -1.77. The van der Waals surface area contributed by atoms with Gasteiger partial charge in [-0.3, -0.25) is 4.79 Å². The second-order valence-electron chi connectivity index (χ2n) is 2.98. The maximum absolute atomic E-state index is 13.3. The Morgan fingerprint density at radius 1 is 1.64 bits per heavy atom. The van der Waals surface area contributed by atoms with Gasteiger partial charge in [-0.1, -0.05) is 19.1 Å². The van der Waals surface area contributed by atoms with E-state index in [0.717, 1.165) is 0 Å². The molecule has 0 amide bonds. The first kappa shape index (κ1) is 10.7. The van der Waals surface area contributed by atoms with E-state index in [1.54, 1.807) is 12.1 Å². The van der Waals surface area contributed by atoms with Gasteiger partial charge < -0.3 is 10.8 Å². The molecule has 1 atom stereocenters. The second-order valence-corrected chi connectivity index (χ2v) is 2.98. The van der Waals surface area contributed by atoms with Gasteiger partial charge in [0.25, 0.3) is 0 Å². The van der Waals surface area contributed by atoms with Crippen LogP contribution in [0, 0.1) is 5.82 Å². The predicted octanol–water partition coefficient (Wildman–Crippen LogP) is 1.47. The molecule has 0 fully saturated rings. The molecule has 0 aromatic heterocycles. The van der Waals surface area contributed by atoms with Crippen molar-refractivity contribution in [3.8, 4) is 0 Å². The van der Waals surface area contributed by atoms with Crippen LogP contribution >= 0.6 is 0 Å². The van der Waals surface area contributed by atoms with Crippen molar-refractivity contribution < 1.29 is 14.3 Å². The first-order valence-corrected chi connectivity index (χ1v) is 4.33. The molecule has 0 saturated carbocycles. The van der Waals surface area contributed by atoms with Crippen molar-refractivity contribution >= 4 is 5.97 Å². The summed E-state index contributed by atoms with van der Waals surface area (Å²) in [5, 5.41) is 8.69. The summed E-state index contributed by atoms with van der Waals surface area (Å²) < 4.78 is 13.3. The average Bonchev–Trinajstić information content (AvgIpc) is 2.16. The Bertz CT molecular complexity index is 352. The SMILES string of the molecule is CCc1cccc(F)c1[C@@H](N)C(=O)O. The first-order chi connectivity index (χ1) is 6.57. The number of hydrogen-bond acceptors (Lipinski definition) is 2. The Morgan fingerprint density at radius 3 is 2.79 bits per heavy atom. The minimum Gasteiger partial charge on any atom is -0.480 e. The van der Waals surface area contributed by atoms with Crippen LogP contribution in [-0.2, 0) is 11.2 Å². The monoisotopic (exact) mass is 197 g/mol. The molecule has 0 radical (unpaired) electrons. The number of halogens is 1. The van der Waals surface area contributed by atoms with Crippen LogP contribution in [0.25, 0.3) is 0 Å². The third-order valence-corrected chi connectivity index (χ3v) is 2.10. The number of hydrogen-bond donors (Lipinski definition) is 2. The predicted molar refractivity (Wildman–Crippen MR) is 50.3 cm³/mol. The van der Waals surface area contributed by atoms with Crippen LogP contribution in [-0.4, -0.2) is 11.1 Å². The van der Waals surface area contributed by atoms with E-state index in [1.807, 2.05) is 6.92 Å². The molecule has 0 aliphatic carbocycles. The van der Waals surface area contributed by atoms with Crippen molar-refractivity contribution in [3.05, 3.63) is 35.1 Å². The van der Waals surface area contributed by atoms with Crippen molar-refractivity contribution in [2.75, 3.05) is 0 Å². The Kier molecular flexibility index (Phi) is 3.19. The number of carboxylic acid groups (broad SMARTS) is 1. The average molecular weight is 197 g/mol. The van der Waals surface area contributed by atoms with E-state index in [4.69, 9.17) is 10.8 Å². The van der Waals surface area contributed by atoms with Crippen molar-refractivity contribution in [1.82, 2.24) is 0 Å². The zero-order chi connectivity index (χ0) is 10.7. The number of benzene rings is 1. The zero-order valence-corrected chi connectivity index (χ0v) is 7.83. The van der Waals surface area contributed by atoms with Crippen molar-refractivity contribution in [2.24, 2.45) is 5.73 Å². The summed E-state index contributed by atoms with van der Waals surface area (Å²) in [5.41, 5.74) is 6.10. The Balaban J connectivity index is 3.23. The lowest BCUT2D eigenvalue weighted by Crippen LogP contribution is -2.23. The smallest absolute Gasteiger partial charge is 0.325 e. The fourth-order valence-electron chi connectivity index (χ4n) is 1.36. The molecule has 0 aliphatic heterocycles. The van der Waals surface area contributed by atoms with Gasteiger partial charge in [0.1, 0.15) is 11.9 Å². The number of aryl methyl sites for hydroxylation is 1. The highest BCUT2D eigenvalue weighted by molar-refractivity contribution is 5.75. The maximum Gasteiger partial charge on any atom is 0.325 e. The molecular formula is C10H12FNO2. The summed E-state index contributed by atoms with van der Waals surface area (Å²) in [6, 6.07) is 3.16. The molecule has 3 nitrogen and oxygen atoms in total. The summed E-state index contributed by atoms with van der Waals surface area (Å²) in [7, 11) is 0. The van der Waals surface area contributed by atoms with Gasteiger partial charge in [-0.2, -0.15) is 0 Å². The Labute approximate surface area is 81.4 Å². The highest BCUT2D eigenvalue weighted by Crippen LogP contribution is 2.20. The normalized spacial score (nSPS) is 12.5. The summed E-state index contributed by atoms with van der Waals surface area (Å²) in [6.07, 6.45) is 0.564. The van der Waals surface area contributed by atoms with Crippen LogP contribution < -0.4 is 5.73 Å². The summed E-state index contributed by atoms with van der Waals surface area (Å²) >= 11 is 0. The number of aliphatic carboxylic acids is 1. The molecule has 0 aliphatic rings. The van der Waals surface area contributed by atoms with Gasteiger partial charge in [0.05, 0.1) is 0 Å². The minimum absolute atomic E-state index is 0.0856. The number of nitrogens with two attached hydrogens (primary N) is 1. The molecule has 4 heteroatoms. The molecule has 0 saturated heterocycles. The minimum atomic E-state index is -1.29. The molecule has 76 valence electrons. The van der Waals surface area contributed by atoms with Gasteiger partial charge in [-0.25, -0.2) is 4.39 Å². The van der Waals surface area contributed by atoms with Crippen LogP contribution in [0.3, 0.4) is 0 Å². The molecule has 1 rings (SSSR count). The van der Waals surface area contributed by atoms with E-state index < -0.39 is 17.8 Å². The van der Waals surface area contributed by atoms with Gasteiger partial charge in [-0.05, 0) is 18.1 Å². The highest BCUT2D eigenvalue weighted by atomic mass is 19.1. The lowest BCUT2D eigenvalue weighted by atomic mass is 9.98. The quantitative estimate of drug-likeness (QED) is 0.771. The lowest BCUT2D eigenvalue weighted by molar-refractivity contribution is -0.138. The standard InChI is InChI=1S/C10H12FNO2/c1-2-6-4-3-5-7(11)8(6)9(12)10(13)14/h3-5,9H,2,12H2,1H3,(H,13,14)/t9-/m1/s1. The molecule has 14 heavy (non-hydrogen) atoms. The number of rotatable bonds is 3. The molecule has 1 aromatic carbocycles. The van der Waals surface area contributed by atoms with Crippen LogP contribution in [0.4, 0.5) is 4.39 Å². The maximum atomic E-state index is 13.3. The first-order valence-electron chi connectivity index (χ1n) is 4.33. The Morgan fingerprint density at radius 2 is 2.29 bits per heavy atom. The Hall–Kier alpha value is -1.42. The molecule has 0 unspecified atom stereocenters. The van der Waals surface area contributed by atoms with Crippen molar-refractivity contribution in [1.29, 1.82) is 0 Å². The van der Waals surface area contributed by atoms with Crippen LogP contribution in [0.5, 0.6) is 0 Å². The lowest BCUT2D eigenvalue weighted by Gasteiger charge is -2.12. The number of carbonyl (C=O) groups is 1. The van der Waals surface area contributed by atoms with Gasteiger partial charge >= 0.3 is 5.97 Å². The van der Waals surface area contributed by atoms with E-state index in [-0.39, 0.29) is 5.56 Å². The molecule has 0 spiro atoms. The largest absolute Gasteiger partial charge is 0.480 e. The van der Waals surface area contributed by atoms with Crippen molar-refractivity contribution in [3.63, 3.8) is 0 Å². The highest BCUT2D eigenvalue weighted by Gasteiger charge is 2.20. The topological polar surface area (TPSA) is 63.3 Å². The van der Waals surface area contributed by atoms with Crippen molar-refractivity contribution in [2.45, 2.75) is 19.4 Å². The summed E-state index contributed by atoms with van der Waals surface area (Å²) in [6.45, 7) is 1.83. The fourth-order valence-corrected chi connectivity index (χ4v) is 1.36. The second kappa shape index (κ2) is 4.19. The zero-order valence-electron chi connectivity index (χ0n) is 7.83.